The number of carboxylic acid groups (broad SMARTS) is 1. The summed E-state index contributed by atoms with van der Waals surface area (Å²) in [7, 11) is 0. The van der Waals surface area contributed by atoms with Crippen molar-refractivity contribution in [1.82, 2.24) is 10.6 Å². The molecule has 0 aromatic heterocycles. The van der Waals surface area contributed by atoms with E-state index in [0.29, 0.717) is 18.4 Å². The van der Waals surface area contributed by atoms with Gasteiger partial charge in [-0.3, -0.25) is 14.4 Å². The maximum atomic E-state index is 12.0. The van der Waals surface area contributed by atoms with Crippen LogP contribution in [0.3, 0.4) is 0 Å². The van der Waals surface area contributed by atoms with Crippen LogP contribution in [0.15, 0.2) is 30.3 Å². The van der Waals surface area contributed by atoms with Crippen LogP contribution in [-0.2, 0) is 19.8 Å². The molecule has 1 rings (SSSR count). The van der Waals surface area contributed by atoms with Gasteiger partial charge >= 0.3 is 5.97 Å². The maximum absolute atomic E-state index is 12.0. The first-order valence-corrected chi connectivity index (χ1v) is 8.43. The number of carboxylic acids is 1. The molecule has 0 spiro atoms. The Morgan fingerprint density at radius 3 is 2.08 bits per heavy atom. The number of benzene rings is 1. The van der Waals surface area contributed by atoms with Gasteiger partial charge in [-0.2, -0.15) is 0 Å². The van der Waals surface area contributed by atoms with Gasteiger partial charge in [0.15, 0.2) is 0 Å². The van der Waals surface area contributed by atoms with Gasteiger partial charge < -0.3 is 15.7 Å². The van der Waals surface area contributed by atoms with Crippen molar-refractivity contribution in [2.24, 2.45) is 5.41 Å². The fraction of sp³-hybridized carbons (Fsp3) is 0.526. The Morgan fingerprint density at radius 2 is 1.60 bits per heavy atom. The maximum Gasteiger partial charge on any atom is 0.315 e. The van der Waals surface area contributed by atoms with Crippen LogP contribution in [0.2, 0.25) is 0 Å². The highest BCUT2D eigenvalue weighted by Gasteiger charge is 2.38. The minimum atomic E-state index is -1.19. The predicted octanol–water partition coefficient (Wildman–Crippen LogP) is 2.09. The molecule has 25 heavy (non-hydrogen) atoms. The number of carbonyl (C=O) groups excluding carboxylic acids is 2. The van der Waals surface area contributed by atoms with Crippen molar-refractivity contribution in [3.05, 3.63) is 35.9 Å². The molecule has 0 saturated carbocycles. The predicted molar refractivity (Wildman–Crippen MR) is 96.1 cm³/mol. The van der Waals surface area contributed by atoms with Gasteiger partial charge in [0.25, 0.3) is 0 Å². The molecule has 1 unspecified atom stereocenters. The summed E-state index contributed by atoms with van der Waals surface area (Å²) in [6.45, 7) is 7.40. The van der Waals surface area contributed by atoms with Crippen LogP contribution in [0.25, 0.3) is 0 Å². The lowest BCUT2D eigenvalue weighted by Gasteiger charge is -2.29. The molecule has 0 heterocycles. The first-order chi connectivity index (χ1) is 11.6. The number of hydrogen-bond donors (Lipinski definition) is 3. The van der Waals surface area contributed by atoms with Crippen molar-refractivity contribution in [2.75, 3.05) is 13.1 Å². The van der Waals surface area contributed by atoms with Gasteiger partial charge in [-0.25, -0.2) is 0 Å². The molecule has 6 heteroatoms. The van der Waals surface area contributed by atoms with Crippen molar-refractivity contribution in [1.29, 1.82) is 0 Å². The largest absolute Gasteiger partial charge is 0.481 e. The van der Waals surface area contributed by atoms with Gasteiger partial charge in [-0.15, -0.1) is 0 Å². The molecule has 2 amide bonds. The minimum absolute atomic E-state index is 0.0309. The topological polar surface area (TPSA) is 95.5 Å². The van der Waals surface area contributed by atoms with Gasteiger partial charge in [0.2, 0.25) is 11.8 Å². The first kappa shape index (κ1) is 20.7. The fourth-order valence-corrected chi connectivity index (χ4v) is 2.57. The lowest BCUT2D eigenvalue weighted by atomic mass is 9.78. The summed E-state index contributed by atoms with van der Waals surface area (Å²) in [6.07, 6.45) is 0.654. The Balaban J connectivity index is 2.67. The molecule has 0 fully saturated rings. The molecule has 6 nitrogen and oxygen atoms in total. The lowest BCUT2D eigenvalue weighted by molar-refractivity contribution is -0.144. The number of amides is 2. The summed E-state index contributed by atoms with van der Waals surface area (Å²) in [6, 6.07) is 8.85. The molecule has 0 radical (unpaired) electrons. The van der Waals surface area contributed by atoms with Crippen LogP contribution >= 0.6 is 0 Å². The third kappa shape index (κ3) is 6.21. The van der Waals surface area contributed by atoms with Crippen molar-refractivity contribution < 1.29 is 19.5 Å². The highest BCUT2D eigenvalue weighted by Crippen LogP contribution is 2.27. The summed E-state index contributed by atoms with van der Waals surface area (Å²) >= 11 is 0. The molecule has 0 aliphatic rings. The van der Waals surface area contributed by atoms with Crippen molar-refractivity contribution in [2.45, 2.75) is 46.0 Å². The van der Waals surface area contributed by atoms with Crippen LogP contribution in [0.1, 0.15) is 46.1 Å². The second-order valence-electron chi connectivity index (χ2n) is 7.40. The SMILES string of the molecule is CCC(CNC(=O)CNC(=O)CC(C)(C)C)(C(=O)O)c1ccccc1. The van der Waals surface area contributed by atoms with E-state index in [4.69, 9.17) is 0 Å². The summed E-state index contributed by atoms with van der Waals surface area (Å²) in [4.78, 5) is 35.6. The Bertz CT molecular complexity index is 608. The molecule has 0 bridgehead atoms. The molecule has 1 aromatic carbocycles. The van der Waals surface area contributed by atoms with Gasteiger partial charge in [0, 0.05) is 13.0 Å². The Labute approximate surface area is 149 Å². The third-order valence-electron chi connectivity index (χ3n) is 4.06. The molecular formula is C19H28N2O4. The van der Waals surface area contributed by atoms with Crippen molar-refractivity contribution in [3.63, 3.8) is 0 Å². The molecular weight excluding hydrogens is 320 g/mol. The van der Waals surface area contributed by atoms with E-state index in [-0.39, 0.29) is 24.4 Å². The van der Waals surface area contributed by atoms with E-state index < -0.39 is 17.3 Å². The van der Waals surface area contributed by atoms with Crippen LogP contribution in [0.4, 0.5) is 0 Å². The number of nitrogens with one attached hydrogen (secondary N) is 2. The second kappa shape index (κ2) is 8.65. The van der Waals surface area contributed by atoms with Crippen molar-refractivity contribution >= 4 is 17.8 Å². The fourth-order valence-electron chi connectivity index (χ4n) is 2.57. The van der Waals surface area contributed by atoms with E-state index in [1.807, 2.05) is 26.8 Å². The quantitative estimate of drug-likeness (QED) is 0.670. The summed E-state index contributed by atoms with van der Waals surface area (Å²) in [5.74, 6) is -1.60. The van der Waals surface area contributed by atoms with Crippen LogP contribution in [0, 0.1) is 5.41 Å². The third-order valence-corrected chi connectivity index (χ3v) is 4.06. The molecule has 1 aromatic rings. The van der Waals surface area contributed by atoms with Crippen molar-refractivity contribution in [3.8, 4) is 0 Å². The van der Waals surface area contributed by atoms with E-state index in [0.717, 1.165) is 0 Å². The molecule has 3 N–H and O–H groups in total. The van der Waals surface area contributed by atoms with Gasteiger partial charge in [-0.1, -0.05) is 58.0 Å². The zero-order valence-electron chi connectivity index (χ0n) is 15.4. The average Bonchev–Trinajstić information content (AvgIpc) is 2.53. The van der Waals surface area contributed by atoms with Crippen LogP contribution < -0.4 is 10.6 Å². The zero-order chi connectivity index (χ0) is 19.1. The second-order valence-corrected chi connectivity index (χ2v) is 7.40. The first-order valence-electron chi connectivity index (χ1n) is 8.43. The Kier molecular flexibility index (Phi) is 7.15. The van der Waals surface area contributed by atoms with E-state index >= 15 is 0 Å². The minimum Gasteiger partial charge on any atom is -0.481 e. The Morgan fingerprint density at radius 1 is 1.00 bits per heavy atom. The van der Waals surface area contributed by atoms with Gasteiger partial charge in [0.1, 0.15) is 5.41 Å². The zero-order valence-corrected chi connectivity index (χ0v) is 15.4. The van der Waals surface area contributed by atoms with E-state index in [1.165, 1.54) is 0 Å². The molecule has 138 valence electrons. The molecule has 1 atom stereocenters. The summed E-state index contributed by atoms with van der Waals surface area (Å²) in [5.41, 5.74) is -0.706. The van der Waals surface area contributed by atoms with E-state index in [9.17, 15) is 19.5 Å². The van der Waals surface area contributed by atoms with Crippen LogP contribution in [-0.4, -0.2) is 36.0 Å². The summed E-state index contributed by atoms with van der Waals surface area (Å²) in [5, 5.41) is 14.9. The monoisotopic (exact) mass is 348 g/mol. The molecule has 0 saturated heterocycles. The van der Waals surface area contributed by atoms with Gasteiger partial charge in [-0.05, 0) is 17.4 Å². The standard InChI is InChI=1S/C19H28N2O4/c1-5-19(17(24)25,14-9-7-6-8-10-14)13-21-16(23)12-20-15(22)11-18(2,3)4/h6-10H,5,11-13H2,1-4H3,(H,20,22)(H,21,23)(H,24,25). The highest BCUT2D eigenvalue weighted by atomic mass is 16.4. The lowest BCUT2D eigenvalue weighted by Crippen LogP contribution is -2.48. The normalized spacial score (nSPS) is 13.6. The summed E-state index contributed by atoms with van der Waals surface area (Å²) < 4.78 is 0. The van der Waals surface area contributed by atoms with E-state index in [1.54, 1.807) is 31.2 Å². The number of hydrogen-bond acceptors (Lipinski definition) is 3. The molecule has 0 aliphatic heterocycles. The van der Waals surface area contributed by atoms with E-state index in [2.05, 4.69) is 10.6 Å². The number of carbonyl (C=O) groups is 3. The Hall–Kier alpha value is -2.37. The smallest absolute Gasteiger partial charge is 0.315 e. The average molecular weight is 348 g/mol. The van der Waals surface area contributed by atoms with Gasteiger partial charge in [0.05, 0.1) is 6.54 Å². The molecule has 0 aliphatic carbocycles. The number of rotatable bonds is 8. The van der Waals surface area contributed by atoms with Crippen LogP contribution in [0.5, 0.6) is 0 Å². The number of aliphatic carboxylic acids is 1. The highest BCUT2D eigenvalue weighted by molar-refractivity contribution is 5.86.